The maximum atomic E-state index is 13.3. The molecule has 2 unspecified atom stereocenters. The van der Waals surface area contributed by atoms with Crippen LogP contribution in [0.3, 0.4) is 0 Å². The standard InChI is InChI=1S/C42H79NO3/c1-6-8-10-12-14-16-18-20-22-24-26-28-30-32-34-36-38(44)40(41(3,4)5)42(43,46)39(45)37-35-33-31-29-27-25-23-21-19-17-15-13-11-9-7-2/h20-23,40,46H,6-19,24-37,43H2,1-5H3/b22-20-,23-21-. The van der Waals surface area contributed by atoms with Crippen LogP contribution in [-0.4, -0.2) is 22.4 Å². The molecule has 0 aliphatic rings. The zero-order valence-corrected chi connectivity index (χ0v) is 31.5. The fourth-order valence-electron chi connectivity index (χ4n) is 6.62. The van der Waals surface area contributed by atoms with E-state index >= 15 is 0 Å². The van der Waals surface area contributed by atoms with Crippen molar-refractivity contribution in [1.82, 2.24) is 0 Å². The Morgan fingerprint density at radius 3 is 1.17 bits per heavy atom. The fourth-order valence-corrected chi connectivity index (χ4v) is 6.62. The third-order valence-electron chi connectivity index (χ3n) is 9.43. The first-order valence-corrected chi connectivity index (χ1v) is 20.0. The van der Waals surface area contributed by atoms with Crippen LogP contribution >= 0.6 is 0 Å². The molecular formula is C42H79NO3. The van der Waals surface area contributed by atoms with E-state index in [1.165, 1.54) is 109 Å². The molecule has 270 valence electrons. The van der Waals surface area contributed by atoms with Crippen molar-refractivity contribution in [3.8, 4) is 0 Å². The first kappa shape index (κ1) is 44.7. The zero-order chi connectivity index (χ0) is 34.4. The summed E-state index contributed by atoms with van der Waals surface area (Å²) in [7, 11) is 0. The van der Waals surface area contributed by atoms with Gasteiger partial charge in [-0.3, -0.25) is 15.3 Å². The summed E-state index contributed by atoms with van der Waals surface area (Å²) < 4.78 is 0. The second-order valence-corrected chi connectivity index (χ2v) is 15.2. The molecule has 0 saturated carbocycles. The minimum atomic E-state index is -2.10. The van der Waals surface area contributed by atoms with Gasteiger partial charge in [-0.25, -0.2) is 0 Å². The van der Waals surface area contributed by atoms with Gasteiger partial charge < -0.3 is 5.11 Å². The number of hydrogen-bond donors (Lipinski definition) is 2. The van der Waals surface area contributed by atoms with Gasteiger partial charge in [-0.15, -0.1) is 0 Å². The third-order valence-corrected chi connectivity index (χ3v) is 9.43. The topological polar surface area (TPSA) is 80.4 Å². The molecule has 0 radical (unpaired) electrons. The quantitative estimate of drug-likeness (QED) is 0.0423. The van der Waals surface area contributed by atoms with E-state index in [2.05, 4.69) is 38.2 Å². The van der Waals surface area contributed by atoms with Gasteiger partial charge in [-0.05, 0) is 69.6 Å². The monoisotopic (exact) mass is 646 g/mol. The van der Waals surface area contributed by atoms with E-state index in [0.29, 0.717) is 12.8 Å². The largest absolute Gasteiger partial charge is 0.368 e. The molecule has 0 aliphatic carbocycles. The van der Waals surface area contributed by atoms with Crippen molar-refractivity contribution < 1.29 is 14.7 Å². The minimum absolute atomic E-state index is 0.0759. The second-order valence-electron chi connectivity index (χ2n) is 15.2. The molecule has 0 aromatic rings. The normalized spacial score (nSPS) is 14.3. The number of carbonyl (C=O) groups excluding carboxylic acids is 2. The maximum Gasteiger partial charge on any atom is 0.183 e. The molecule has 0 aromatic heterocycles. The predicted molar refractivity (Wildman–Crippen MR) is 201 cm³/mol. The van der Waals surface area contributed by atoms with E-state index < -0.39 is 17.1 Å². The summed E-state index contributed by atoms with van der Waals surface area (Å²) >= 11 is 0. The van der Waals surface area contributed by atoms with Crippen molar-refractivity contribution in [2.24, 2.45) is 17.1 Å². The fraction of sp³-hybridized carbons (Fsp3) is 0.857. The molecule has 4 heteroatoms. The van der Waals surface area contributed by atoms with Crippen LogP contribution in [0.5, 0.6) is 0 Å². The van der Waals surface area contributed by atoms with Crippen LogP contribution < -0.4 is 5.73 Å². The van der Waals surface area contributed by atoms with E-state index in [1.807, 2.05) is 20.8 Å². The van der Waals surface area contributed by atoms with E-state index in [0.717, 1.165) is 51.4 Å². The van der Waals surface area contributed by atoms with Crippen molar-refractivity contribution in [2.45, 2.75) is 220 Å². The zero-order valence-electron chi connectivity index (χ0n) is 31.5. The second kappa shape index (κ2) is 29.8. The molecule has 46 heavy (non-hydrogen) atoms. The number of aliphatic hydroxyl groups is 1. The molecule has 0 saturated heterocycles. The average Bonchev–Trinajstić information content (AvgIpc) is 3.00. The molecule has 0 aliphatic heterocycles. The van der Waals surface area contributed by atoms with E-state index in [1.54, 1.807) is 0 Å². The lowest BCUT2D eigenvalue weighted by Gasteiger charge is -2.39. The van der Waals surface area contributed by atoms with Crippen LogP contribution in [-0.2, 0) is 9.59 Å². The van der Waals surface area contributed by atoms with Gasteiger partial charge in [0.15, 0.2) is 11.5 Å². The molecule has 0 spiro atoms. The summed E-state index contributed by atoms with van der Waals surface area (Å²) in [4.78, 5) is 26.3. The molecule has 0 bridgehead atoms. The summed E-state index contributed by atoms with van der Waals surface area (Å²) in [6, 6.07) is 0. The van der Waals surface area contributed by atoms with E-state index in [9.17, 15) is 14.7 Å². The van der Waals surface area contributed by atoms with Gasteiger partial charge in [0.2, 0.25) is 0 Å². The van der Waals surface area contributed by atoms with Gasteiger partial charge in [-0.2, -0.15) is 0 Å². The maximum absolute atomic E-state index is 13.3. The average molecular weight is 646 g/mol. The Hall–Kier alpha value is -1.26. The number of allylic oxidation sites excluding steroid dienone is 4. The number of hydrogen-bond acceptors (Lipinski definition) is 4. The highest BCUT2D eigenvalue weighted by Crippen LogP contribution is 2.36. The van der Waals surface area contributed by atoms with Gasteiger partial charge in [0.05, 0.1) is 5.92 Å². The molecule has 0 fully saturated rings. The predicted octanol–water partition coefficient (Wildman–Crippen LogP) is 12.5. The molecule has 3 N–H and O–H groups in total. The van der Waals surface area contributed by atoms with Gasteiger partial charge in [-0.1, -0.05) is 162 Å². The van der Waals surface area contributed by atoms with Gasteiger partial charge in [0.1, 0.15) is 5.78 Å². The molecule has 0 heterocycles. The lowest BCUT2D eigenvalue weighted by Crippen LogP contribution is -2.60. The van der Waals surface area contributed by atoms with Crippen molar-refractivity contribution in [3.63, 3.8) is 0 Å². The molecule has 4 nitrogen and oxygen atoms in total. The van der Waals surface area contributed by atoms with Crippen LogP contribution in [0.25, 0.3) is 0 Å². The van der Waals surface area contributed by atoms with Crippen LogP contribution in [0.1, 0.15) is 214 Å². The minimum Gasteiger partial charge on any atom is -0.368 e. The molecular weight excluding hydrogens is 566 g/mol. The number of unbranched alkanes of at least 4 members (excludes halogenated alkanes) is 22. The highest BCUT2D eigenvalue weighted by molar-refractivity contribution is 5.94. The number of ketones is 2. The van der Waals surface area contributed by atoms with Crippen LogP contribution in [0.2, 0.25) is 0 Å². The van der Waals surface area contributed by atoms with E-state index in [-0.39, 0.29) is 18.0 Å². The lowest BCUT2D eigenvalue weighted by molar-refractivity contribution is -0.157. The highest BCUT2D eigenvalue weighted by Gasteiger charge is 2.49. The number of Topliss-reactive ketones (excluding diaryl/α,β-unsaturated/α-hetero) is 2. The van der Waals surface area contributed by atoms with Crippen LogP contribution in [0.4, 0.5) is 0 Å². The van der Waals surface area contributed by atoms with Crippen molar-refractivity contribution >= 4 is 11.6 Å². The molecule has 0 rings (SSSR count). The smallest absolute Gasteiger partial charge is 0.183 e. The Labute approximate surface area is 287 Å². The summed E-state index contributed by atoms with van der Waals surface area (Å²) in [6.45, 7) is 10.2. The Morgan fingerprint density at radius 1 is 0.522 bits per heavy atom. The molecule has 0 amide bonds. The summed E-state index contributed by atoms with van der Waals surface area (Å²) in [5, 5.41) is 11.2. The number of carbonyl (C=O) groups is 2. The van der Waals surface area contributed by atoms with Crippen molar-refractivity contribution in [1.29, 1.82) is 0 Å². The lowest BCUT2D eigenvalue weighted by atomic mass is 9.69. The van der Waals surface area contributed by atoms with Gasteiger partial charge >= 0.3 is 0 Å². The van der Waals surface area contributed by atoms with E-state index in [4.69, 9.17) is 5.73 Å². The summed E-state index contributed by atoms with van der Waals surface area (Å²) in [5.41, 5.74) is 3.60. The number of nitrogens with two attached hydrogens (primary N) is 1. The summed E-state index contributed by atoms with van der Waals surface area (Å²) in [6.07, 6.45) is 41.2. The highest BCUT2D eigenvalue weighted by atomic mass is 16.3. The van der Waals surface area contributed by atoms with Crippen molar-refractivity contribution in [3.05, 3.63) is 24.3 Å². The number of rotatable bonds is 33. The SMILES string of the molecule is CCCCCCCC/C=C\CCCCCCCC(=O)C(C(C)(C)C)C(N)(O)C(=O)CCCCCCC/C=C\CCCCCCCC. The molecule has 2 atom stereocenters. The first-order chi connectivity index (χ1) is 22.1. The third kappa shape index (κ3) is 24.9. The Kier molecular flexibility index (Phi) is 29.0. The first-order valence-electron chi connectivity index (χ1n) is 20.0. The Bertz CT molecular complexity index is 776. The van der Waals surface area contributed by atoms with Gasteiger partial charge in [0.25, 0.3) is 0 Å². The Morgan fingerprint density at radius 2 is 0.826 bits per heavy atom. The van der Waals surface area contributed by atoms with Crippen LogP contribution in [0.15, 0.2) is 24.3 Å². The summed E-state index contributed by atoms with van der Waals surface area (Å²) in [5.74, 6) is -1.34. The molecule has 0 aromatic carbocycles. The van der Waals surface area contributed by atoms with Gasteiger partial charge in [0, 0.05) is 12.8 Å². The van der Waals surface area contributed by atoms with Crippen molar-refractivity contribution in [2.75, 3.05) is 0 Å². The Balaban J connectivity index is 4.15. The van der Waals surface area contributed by atoms with Crippen LogP contribution in [0, 0.1) is 11.3 Å².